The number of benzene rings is 1. The van der Waals surface area contributed by atoms with Crippen LogP contribution in [0.1, 0.15) is 38.1 Å². The van der Waals surface area contributed by atoms with Gasteiger partial charge in [0.2, 0.25) is 17.6 Å². The Kier molecular flexibility index (Phi) is 5.96. The third-order valence-electron chi connectivity index (χ3n) is 5.86. The topological polar surface area (TPSA) is 80.5 Å². The minimum atomic E-state index is 0.0338. The normalized spacial score (nSPS) is 24.6. The summed E-state index contributed by atoms with van der Waals surface area (Å²) < 4.78 is 11.3. The molecule has 2 saturated heterocycles. The van der Waals surface area contributed by atoms with Gasteiger partial charge in [-0.05, 0) is 25.3 Å². The van der Waals surface area contributed by atoms with Crippen molar-refractivity contribution in [2.24, 2.45) is 5.92 Å². The standard InChI is InChI=1S/C22H30N4O3/c1-14(2)19-12-26-11-17(10-18(26)13-28-19)23-20(27)7-8-21-24-22(25-29-21)16-6-4-5-15(3)9-16/h4-6,9,14,17-19H,7-8,10-13H2,1-3H3,(H,23,27)/t17-,18-,19-/m0/s1. The summed E-state index contributed by atoms with van der Waals surface area (Å²) in [6.07, 6.45) is 2.04. The summed E-state index contributed by atoms with van der Waals surface area (Å²) in [4.78, 5) is 19.3. The summed E-state index contributed by atoms with van der Waals surface area (Å²) in [5, 5.41) is 7.21. The molecule has 4 rings (SSSR count). The Labute approximate surface area is 171 Å². The van der Waals surface area contributed by atoms with Gasteiger partial charge in [-0.15, -0.1) is 0 Å². The number of hydrogen-bond donors (Lipinski definition) is 1. The van der Waals surface area contributed by atoms with Gasteiger partial charge in [-0.1, -0.05) is 42.8 Å². The first kappa shape index (κ1) is 20.0. The molecule has 1 aromatic heterocycles. The number of aryl methyl sites for hydroxylation is 2. The number of morpholine rings is 1. The zero-order valence-corrected chi connectivity index (χ0v) is 17.4. The van der Waals surface area contributed by atoms with E-state index >= 15 is 0 Å². The molecule has 0 saturated carbocycles. The molecule has 29 heavy (non-hydrogen) atoms. The molecule has 0 unspecified atom stereocenters. The molecule has 1 aromatic carbocycles. The van der Waals surface area contributed by atoms with Gasteiger partial charge in [0.1, 0.15) is 0 Å². The number of amides is 1. The van der Waals surface area contributed by atoms with E-state index in [0.717, 1.165) is 37.2 Å². The molecule has 2 aliphatic rings. The number of carbonyl (C=O) groups excluding carboxylic acids is 1. The van der Waals surface area contributed by atoms with E-state index in [4.69, 9.17) is 9.26 Å². The van der Waals surface area contributed by atoms with Gasteiger partial charge in [0.05, 0.1) is 12.7 Å². The Balaban J connectivity index is 1.25. The zero-order valence-electron chi connectivity index (χ0n) is 17.4. The van der Waals surface area contributed by atoms with Crippen molar-refractivity contribution >= 4 is 5.91 Å². The van der Waals surface area contributed by atoms with Crippen LogP contribution in [0.3, 0.4) is 0 Å². The molecule has 2 fully saturated rings. The number of aromatic nitrogens is 2. The second-order valence-electron chi connectivity index (χ2n) is 8.60. The fourth-order valence-corrected chi connectivity index (χ4v) is 4.19. The molecule has 3 atom stereocenters. The summed E-state index contributed by atoms with van der Waals surface area (Å²) >= 11 is 0. The molecule has 2 aliphatic heterocycles. The van der Waals surface area contributed by atoms with E-state index < -0.39 is 0 Å². The predicted molar refractivity (Wildman–Crippen MR) is 109 cm³/mol. The number of rotatable bonds is 6. The largest absolute Gasteiger partial charge is 0.375 e. The van der Waals surface area contributed by atoms with E-state index in [1.165, 1.54) is 0 Å². The van der Waals surface area contributed by atoms with Gasteiger partial charge in [-0.25, -0.2) is 0 Å². The van der Waals surface area contributed by atoms with Crippen molar-refractivity contribution in [2.45, 2.75) is 58.2 Å². The molecule has 7 heteroatoms. The second-order valence-corrected chi connectivity index (χ2v) is 8.60. The highest BCUT2D eigenvalue weighted by molar-refractivity contribution is 5.76. The molecule has 0 spiro atoms. The Morgan fingerprint density at radius 2 is 2.21 bits per heavy atom. The number of hydrogen-bond acceptors (Lipinski definition) is 6. The van der Waals surface area contributed by atoms with Crippen LogP contribution >= 0.6 is 0 Å². The maximum absolute atomic E-state index is 12.4. The van der Waals surface area contributed by atoms with Gasteiger partial charge in [-0.3, -0.25) is 9.69 Å². The van der Waals surface area contributed by atoms with Gasteiger partial charge < -0.3 is 14.6 Å². The summed E-state index contributed by atoms with van der Waals surface area (Å²) in [6.45, 7) is 9.04. The molecule has 1 amide bonds. The van der Waals surface area contributed by atoms with Crippen LogP contribution in [0.2, 0.25) is 0 Å². The Morgan fingerprint density at radius 1 is 1.34 bits per heavy atom. The van der Waals surface area contributed by atoms with Crippen molar-refractivity contribution in [3.63, 3.8) is 0 Å². The van der Waals surface area contributed by atoms with Crippen LogP contribution in [-0.4, -0.2) is 58.8 Å². The van der Waals surface area contributed by atoms with Crippen LogP contribution in [0.4, 0.5) is 0 Å². The van der Waals surface area contributed by atoms with Crippen molar-refractivity contribution in [2.75, 3.05) is 19.7 Å². The van der Waals surface area contributed by atoms with E-state index in [1.54, 1.807) is 0 Å². The fraction of sp³-hybridized carbons (Fsp3) is 0.591. The van der Waals surface area contributed by atoms with Crippen molar-refractivity contribution in [1.29, 1.82) is 0 Å². The maximum atomic E-state index is 12.4. The number of fused-ring (bicyclic) bond motifs is 1. The lowest BCUT2D eigenvalue weighted by atomic mass is 10.0. The maximum Gasteiger partial charge on any atom is 0.227 e. The highest BCUT2D eigenvalue weighted by atomic mass is 16.5. The summed E-state index contributed by atoms with van der Waals surface area (Å²) in [7, 11) is 0. The lowest BCUT2D eigenvalue weighted by molar-refractivity contribution is -0.121. The molecular weight excluding hydrogens is 368 g/mol. The number of carbonyl (C=O) groups is 1. The van der Waals surface area contributed by atoms with Crippen LogP contribution in [0, 0.1) is 12.8 Å². The van der Waals surface area contributed by atoms with Crippen molar-refractivity contribution in [1.82, 2.24) is 20.4 Å². The average molecular weight is 399 g/mol. The van der Waals surface area contributed by atoms with Crippen molar-refractivity contribution in [3.05, 3.63) is 35.7 Å². The molecule has 1 N–H and O–H groups in total. The first-order chi connectivity index (χ1) is 14.0. The first-order valence-corrected chi connectivity index (χ1v) is 10.5. The van der Waals surface area contributed by atoms with Crippen LogP contribution < -0.4 is 5.32 Å². The van der Waals surface area contributed by atoms with Gasteiger partial charge in [0.25, 0.3) is 0 Å². The van der Waals surface area contributed by atoms with E-state index in [2.05, 4.69) is 34.2 Å². The van der Waals surface area contributed by atoms with Crippen LogP contribution in [-0.2, 0) is 16.0 Å². The molecule has 0 aliphatic carbocycles. The lowest BCUT2D eigenvalue weighted by Gasteiger charge is -2.36. The smallest absolute Gasteiger partial charge is 0.227 e. The predicted octanol–water partition coefficient (Wildman–Crippen LogP) is 2.59. The average Bonchev–Trinajstić information content (AvgIpc) is 3.32. The third kappa shape index (κ3) is 4.85. The van der Waals surface area contributed by atoms with E-state index in [0.29, 0.717) is 42.6 Å². The number of nitrogens with zero attached hydrogens (tertiary/aromatic N) is 3. The molecule has 156 valence electrons. The van der Waals surface area contributed by atoms with Crippen LogP contribution in [0.5, 0.6) is 0 Å². The fourth-order valence-electron chi connectivity index (χ4n) is 4.19. The molecule has 0 radical (unpaired) electrons. The van der Waals surface area contributed by atoms with Crippen LogP contribution in [0.15, 0.2) is 28.8 Å². The van der Waals surface area contributed by atoms with E-state index in [1.807, 2.05) is 31.2 Å². The van der Waals surface area contributed by atoms with E-state index in [9.17, 15) is 4.79 Å². The lowest BCUT2D eigenvalue weighted by Crippen LogP contribution is -2.48. The second kappa shape index (κ2) is 8.63. The Hall–Kier alpha value is -2.25. The Morgan fingerprint density at radius 3 is 3.00 bits per heavy atom. The molecule has 3 heterocycles. The molecule has 7 nitrogen and oxygen atoms in total. The quantitative estimate of drug-likeness (QED) is 0.806. The van der Waals surface area contributed by atoms with Gasteiger partial charge in [0.15, 0.2) is 0 Å². The molecule has 0 bridgehead atoms. The van der Waals surface area contributed by atoms with Crippen molar-refractivity contribution in [3.8, 4) is 11.4 Å². The highest BCUT2D eigenvalue weighted by Gasteiger charge is 2.38. The minimum Gasteiger partial charge on any atom is -0.375 e. The summed E-state index contributed by atoms with van der Waals surface area (Å²) in [5.41, 5.74) is 2.07. The Bertz CT molecular complexity index is 850. The van der Waals surface area contributed by atoms with E-state index in [-0.39, 0.29) is 11.9 Å². The summed E-state index contributed by atoms with van der Waals surface area (Å²) in [5.74, 6) is 1.61. The van der Waals surface area contributed by atoms with Crippen LogP contribution in [0.25, 0.3) is 11.4 Å². The monoisotopic (exact) mass is 398 g/mol. The number of ether oxygens (including phenoxy) is 1. The van der Waals surface area contributed by atoms with Gasteiger partial charge in [0, 0.05) is 43.6 Å². The van der Waals surface area contributed by atoms with Gasteiger partial charge >= 0.3 is 0 Å². The van der Waals surface area contributed by atoms with Crippen molar-refractivity contribution < 1.29 is 14.1 Å². The molecule has 2 aromatic rings. The molecular formula is C22H30N4O3. The summed E-state index contributed by atoms with van der Waals surface area (Å²) in [6, 6.07) is 8.58. The van der Waals surface area contributed by atoms with Gasteiger partial charge in [-0.2, -0.15) is 4.98 Å². The first-order valence-electron chi connectivity index (χ1n) is 10.5. The SMILES string of the molecule is Cc1cccc(-c2noc(CCC(=O)N[C@H]3C[C@H]4CO[C@H](C(C)C)CN4C3)n2)c1. The highest BCUT2D eigenvalue weighted by Crippen LogP contribution is 2.26. The minimum absolute atomic E-state index is 0.0338. The third-order valence-corrected chi connectivity index (χ3v) is 5.86. The zero-order chi connectivity index (χ0) is 20.4. The number of nitrogens with one attached hydrogen (secondary N) is 1.